The van der Waals surface area contributed by atoms with Gasteiger partial charge >= 0.3 is 0 Å². The quantitative estimate of drug-likeness (QED) is 0.763. The van der Waals surface area contributed by atoms with Crippen molar-refractivity contribution >= 4 is 29.3 Å². The number of halogens is 1. The molecule has 0 spiro atoms. The Morgan fingerprint density at radius 2 is 1.48 bits per heavy atom. The van der Waals surface area contributed by atoms with Gasteiger partial charge in [-0.3, -0.25) is 19.3 Å². The van der Waals surface area contributed by atoms with E-state index in [0.717, 1.165) is 0 Å². The van der Waals surface area contributed by atoms with Gasteiger partial charge in [0.1, 0.15) is 0 Å². The Labute approximate surface area is 164 Å². The molecule has 0 aromatic heterocycles. The molecule has 0 unspecified atom stereocenters. The zero-order valence-electron chi connectivity index (χ0n) is 15.6. The second-order valence-corrected chi connectivity index (χ2v) is 7.40. The Balaban J connectivity index is 1.45. The largest absolute Gasteiger partial charge is 0.339 e. The minimum Gasteiger partial charge on any atom is -0.339 e. The van der Waals surface area contributed by atoms with Gasteiger partial charge in [-0.15, -0.1) is 0 Å². The lowest BCUT2D eigenvalue weighted by molar-refractivity contribution is -0.139. The van der Waals surface area contributed by atoms with Gasteiger partial charge in [0, 0.05) is 69.9 Å². The SMILES string of the molecule is CC(=O)N1CCN(C(=O)CN2CCN(C(=O)c3cccc(Cl)c3)CC2)CC1. The third kappa shape index (κ3) is 4.99. The fourth-order valence-electron chi connectivity index (χ4n) is 3.48. The molecule has 8 heteroatoms. The lowest BCUT2D eigenvalue weighted by Crippen LogP contribution is -2.54. The van der Waals surface area contributed by atoms with E-state index in [-0.39, 0.29) is 17.7 Å². The average Bonchev–Trinajstić information content (AvgIpc) is 2.68. The van der Waals surface area contributed by atoms with Crippen molar-refractivity contribution in [1.82, 2.24) is 19.6 Å². The van der Waals surface area contributed by atoms with Gasteiger partial charge < -0.3 is 14.7 Å². The van der Waals surface area contributed by atoms with Crippen LogP contribution in [0.25, 0.3) is 0 Å². The van der Waals surface area contributed by atoms with Crippen molar-refractivity contribution in [2.24, 2.45) is 0 Å². The molecule has 2 saturated heterocycles. The van der Waals surface area contributed by atoms with Crippen LogP contribution in [0.2, 0.25) is 5.02 Å². The number of amides is 3. The van der Waals surface area contributed by atoms with Crippen LogP contribution >= 0.6 is 11.6 Å². The molecule has 7 nitrogen and oxygen atoms in total. The summed E-state index contributed by atoms with van der Waals surface area (Å²) < 4.78 is 0. The Bertz CT molecular complexity index is 711. The first-order valence-corrected chi connectivity index (χ1v) is 9.62. The van der Waals surface area contributed by atoms with Crippen LogP contribution in [0.5, 0.6) is 0 Å². The van der Waals surface area contributed by atoms with E-state index >= 15 is 0 Å². The number of benzene rings is 1. The number of nitrogens with zero attached hydrogens (tertiary/aromatic N) is 4. The van der Waals surface area contributed by atoms with Gasteiger partial charge in [-0.1, -0.05) is 17.7 Å². The lowest BCUT2D eigenvalue weighted by atomic mass is 10.2. The zero-order chi connectivity index (χ0) is 19.4. The molecule has 0 radical (unpaired) electrons. The maximum Gasteiger partial charge on any atom is 0.253 e. The Kier molecular flexibility index (Phi) is 6.34. The van der Waals surface area contributed by atoms with Gasteiger partial charge in [-0.05, 0) is 18.2 Å². The maximum absolute atomic E-state index is 12.6. The summed E-state index contributed by atoms with van der Waals surface area (Å²) in [6.07, 6.45) is 0. The van der Waals surface area contributed by atoms with Crippen LogP contribution in [0.15, 0.2) is 24.3 Å². The fraction of sp³-hybridized carbons (Fsp3) is 0.526. The average molecular weight is 393 g/mol. The van der Waals surface area contributed by atoms with E-state index in [2.05, 4.69) is 4.90 Å². The van der Waals surface area contributed by atoms with Gasteiger partial charge in [0.05, 0.1) is 6.54 Å². The van der Waals surface area contributed by atoms with Crippen molar-refractivity contribution in [2.75, 3.05) is 58.9 Å². The van der Waals surface area contributed by atoms with E-state index in [1.807, 2.05) is 4.90 Å². The molecule has 0 bridgehead atoms. The van der Waals surface area contributed by atoms with Gasteiger partial charge in [0.2, 0.25) is 11.8 Å². The van der Waals surface area contributed by atoms with E-state index in [0.29, 0.717) is 69.5 Å². The number of hydrogen-bond donors (Lipinski definition) is 0. The van der Waals surface area contributed by atoms with E-state index in [4.69, 9.17) is 11.6 Å². The summed E-state index contributed by atoms with van der Waals surface area (Å²) in [4.78, 5) is 43.9. The molecule has 2 aliphatic rings. The molecule has 0 N–H and O–H groups in total. The van der Waals surface area contributed by atoms with Crippen molar-refractivity contribution in [3.05, 3.63) is 34.9 Å². The van der Waals surface area contributed by atoms with Crippen LogP contribution in [0.3, 0.4) is 0 Å². The van der Waals surface area contributed by atoms with Crippen molar-refractivity contribution < 1.29 is 14.4 Å². The first kappa shape index (κ1) is 19.6. The van der Waals surface area contributed by atoms with Crippen LogP contribution in [0.1, 0.15) is 17.3 Å². The molecule has 146 valence electrons. The third-order valence-corrected chi connectivity index (χ3v) is 5.40. The van der Waals surface area contributed by atoms with E-state index in [9.17, 15) is 14.4 Å². The number of hydrogen-bond acceptors (Lipinski definition) is 4. The minimum absolute atomic E-state index is 0.0242. The summed E-state index contributed by atoms with van der Waals surface area (Å²) in [5, 5.41) is 0.551. The molecule has 2 heterocycles. The highest BCUT2D eigenvalue weighted by Crippen LogP contribution is 2.14. The van der Waals surface area contributed by atoms with E-state index in [1.54, 1.807) is 41.0 Å². The number of rotatable bonds is 3. The Morgan fingerprint density at radius 3 is 2.07 bits per heavy atom. The van der Waals surface area contributed by atoms with Crippen molar-refractivity contribution in [3.8, 4) is 0 Å². The molecule has 3 rings (SSSR count). The van der Waals surface area contributed by atoms with Crippen molar-refractivity contribution in [1.29, 1.82) is 0 Å². The molecule has 2 aliphatic heterocycles. The fourth-order valence-corrected chi connectivity index (χ4v) is 3.67. The van der Waals surface area contributed by atoms with Gasteiger partial charge in [0.15, 0.2) is 0 Å². The smallest absolute Gasteiger partial charge is 0.253 e. The van der Waals surface area contributed by atoms with Gasteiger partial charge in [-0.2, -0.15) is 0 Å². The van der Waals surface area contributed by atoms with Crippen molar-refractivity contribution in [3.63, 3.8) is 0 Å². The number of carbonyl (C=O) groups excluding carboxylic acids is 3. The van der Waals surface area contributed by atoms with Gasteiger partial charge in [0.25, 0.3) is 5.91 Å². The molecular weight excluding hydrogens is 368 g/mol. The minimum atomic E-state index is -0.0242. The molecule has 0 aliphatic carbocycles. The normalized spacial score (nSPS) is 18.5. The standard InChI is InChI=1S/C19H25ClN4O3/c1-15(25)22-9-11-23(12-10-22)18(26)14-21-5-7-24(8-6-21)19(27)16-3-2-4-17(20)13-16/h2-4,13H,5-12,14H2,1H3. The summed E-state index contributed by atoms with van der Waals surface area (Å²) in [5.41, 5.74) is 0.593. The zero-order valence-corrected chi connectivity index (χ0v) is 16.3. The summed E-state index contributed by atoms with van der Waals surface area (Å²) in [6.45, 7) is 6.83. The van der Waals surface area contributed by atoms with Crippen LogP contribution in [0.4, 0.5) is 0 Å². The molecular formula is C19H25ClN4O3. The van der Waals surface area contributed by atoms with Crippen molar-refractivity contribution in [2.45, 2.75) is 6.92 Å². The maximum atomic E-state index is 12.6. The molecule has 2 fully saturated rings. The van der Waals surface area contributed by atoms with Crippen LogP contribution in [-0.4, -0.2) is 96.2 Å². The highest BCUT2D eigenvalue weighted by Gasteiger charge is 2.27. The second-order valence-electron chi connectivity index (χ2n) is 6.97. The second kappa shape index (κ2) is 8.71. The Hall–Kier alpha value is -2.12. The highest BCUT2D eigenvalue weighted by molar-refractivity contribution is 6.30. The van der Waals surface area contributed by atoms with Crippen LogP contribution in [0, 0.1) is 0 Å². The molecule has 1 aromatic rings. The summed E-state index contributed by atoms with van der Waals surface area (Å²) in [5.74, 6) is 0.124. The van der Waals surface area contributed by atoms with Crippen LogP contribution in [-0.2, 0) is 9.59 Å². The van der Waals surface area contributed by atoms with E-state index in [1.165, 1.54) is 0 Å². The van der Waals surface area contributed by atoms with Crippen LogP contribution < -0.4 is 0 Å². The molecule has 3 amide bonds. The third-order valence-electron chi connectivity index (χ3n) is 5.17. The van der Waals surface area contributed by atoms with E-state index < -0.39 is 0 Å². The highest BCUT2D eigenvalue weighted by atomic mass is 35.5. The Morgan fingerprint density at radius 1 is 0.889 bits per heavy atom. The molecule has 27 heavy (non-hydrogen) atoms. The summed E-state index contributed by atoms with van der Waals surface area (Å²) in [6, 6.07) is 6.97. The monoisotopic (exact) mass is 392 g/mol. The summed E-state index contributed by atoms with van der Waals surface area (Å²) in [7, 11) is 0. The number of piperazine rings is 2. The first-order valence-electron chi connectivity index (χ1n) is 9.24. The molecule has 0 atom stereocenters. The molecule has 1 aromatic carbocycles. The number of carbonyl (C=O) groups is 3. The molecule has 0 saturated carbocycles. The lowest BCUT2D eigenvalue weighted by Gasteiger charge is -2.37. The van der Waals surface area contributed by atoms with Gasteiger partial charge in [-0.25, -0.2) is 0 Å². The summed E-state index contributed by atoms with van der Waals surface area (Å²) >= 11 is 5.97. The first-order chi connectivity index (χ1) is 12.9. The predicted molar refractivity (Wildman–Crippen MR) is 103 cm³/mol. The predicted octanol–water partition coefficient (Wildman–Crippen LogP) is 0.789. The topological polar surface area (TPSA) is 64.2 Å².